The molecule has 0 aliphatic rings. The van der Waals surface area contributed by atoms with Gasteiger partial charge in [-0.1, -0.05) is 35.9 Å². The Kier molecular flexibility index (Phi) is 5.65. The molecule has 0 aromatic heterocycles. The number of halogens is 1. The summed E-state index contributed by atoms with van der Waals surface area (Å²) in [4.78, 5) is 11.3. The van der Waals surface area contributed by atoms with E-state index in [4.69, 9.17) is 16.3 Å². The zero-order valence-electron chi connectivity index (χ0n) is 13.9. The predicted molar refractivity (Wildman–Crippen MR) is 95.4 cm³/mol. The van der Waals surface area contributed by atoms with Crippen LogP contribution in [0.1, 0.15) is 26.3 Å². The molecule has 0 heterocycles. The number of hydrogen-bond donors (Lipinski definition) is 1. The van der Waals surface area contributed by atoms with Crippen molar-refractivity contribution in [2.75, 3.05) is 0 Å². The Balaban J connectivity index is 2.14. The highest BCUT2D eigenvalue weighted by atomic mass is 35.5. The van der Waals surface area contributed by atoms with E-state index < -0.39 is 11.4 Å². The van der Waals surface area contributed by atoms with Crippen LogP contribution in [0.2, 0.25) is 5.02 Å². The first-order chi connectivity index (χ1) is 11.3. The Morgan fingerprint density at radius 3 is 2.46 bits per heavy atom. The first kappa shape index (κ1) is 18.0. The second kappa shape index (κ2) is 7.51. The highest BCUT2D eigenvalue weighted by molar-refractivity contribution is 6.30. The first-order valence-electron chi connectivity index (χ1n) is 7.50. The number of ether oxygens (including phenoxy) is 1. The van der Waals surface area contributed by atoms with Crippen molar-refractivity contribution in [2.45, 2.75) is 26.3 Å². The van der Waals surface area contributed by atoms with Crippen molar-refractivity contribution >= 4 is 23.6 Å². The molecule has 126 valence electrons. The molecule has 1 amide bonds. The van der Waals surface area contributed by atoms with Crippen LogP contribution in [0, 0.1) is 0 Å². The second-order valence-corrected chi connectivity index (χ2v) is 6.38. The summed E-state index contributed by atoms with van der Waals surface area (Å²) in [6, 6.07) is 14.6. The van der Waals surface area contributed by atoms with Gasteiger partial charge in [0.25, 0.3) is 0 Å². The molecule has 0 atom stereocenters. The third kappa shape index (κ3) is 4.85. The molecule has 2 aromatic carbocycles. The van der Waals surface area contributed by atoms with Gasteiger partial charge < -0.3 is 4.74 Å². The van der Waals surface area contributed by atoms with Gasteiger partial charge >= 0.3 is 0 Å². The van der Waals surface area contributed by atoms with Gasteiger partial charge in [-0.2, -0.15) is 0 Å². The van der Waals surface area contributed by atoms with Crippen LogP contribution in [0.4, 0.5) is 0 Å². The van der Waals surface area contributed by atoms with Crippen LogP contribution in [0.25, 0.3) is 6.08 Å². The first-order valence-corrected chi connectivity index (χ1v) is 7.88. The summed E-state index contributed by atoms with van der Waals surface area (Å²) >= 11 is 5.86. The molecular weight excluding hydrogens is 326 g/mol. The van der Waals surface area contributed by atoms with Gasteiger partial charge in [0.05, 0.1) is 5.54 Å². The number of carbonyl (C=O) groups is 1. The maximum Gasteiger partial charge on any atom is 0.243 e. The van der Waals surface area contributed by atoms with Gasteiger partial charge in [-0.25, -0.2) is 5.06 Å². The van der Waals surface area contributed by atoms with Crippen LogP contribution in [0.5, 0.6) is 11.5 Å². The molecule has 0 bridgehead atoms. The van der Waals surface area contributed by atoms with Crippen molar-refractivity contribution in [3.05, 3.63) is 65.2 Å². The third-order valence-corrected chi connectivity index (χ3v) is 3.69. The van der Waals surface area contributed by atoms with Gasteiger partial charge in [-0.3, -0.25) is 10.0 Å². The standard InChI is InChI=1S/C19H20ClNO3/c1-14(22)21(23)19(2,3)12-11-15-5-4-6-18(13-15)24-17-9-7-16(20)8-10-17/h4-13,23H,1-3H3. The summed E-state index contributed by atoms with van der Waals surface area (Å²) < 4.78 is 5.79. The molecule has 0 saturated heterocycles. The van der Waals surface area contributed by atoms with E-state index in [-0.39, 0.29) is 0 Å². The molecule has 2 rings (SSSR count). The number of hydrogen-bond acceptors (Lipinski definition) is 3. The average molecular weight is 346 g/mol. The molecule has 0 aliphatic carbocycles. The fourth-order valence-corrected chi connectivity index (χ4v) is 2.22. The van der Waals surface area contributed by atoms with Crippen LogP contribution in [-0.4, -0.2) is 21.7 Å². The average Bonchev–Trinajstić information content (AvgIpc) is 2.55. The molecule has 0 radical (unpaired) electrons. The third-order valence-electron chi connectivity index (χ3n) is 3.44. The molecule has 0 spiro atoms. The van der Waals surface area contributed by atoms with Crippen molar-refractivity contribution in [3.8, 4) is 11.5 Å². The zero-order valence-corrected chi connectivity index (χ0v) is 14.6. The topological polar surface area (TPSA) is 49.8 Å². The molecule has 1 N–H and O–H groups in total. The fraction of sp³-hybridized carbons (Fsp3) is 0.211. The SMILES string of the molecule is CC(=O)N(O)C(C)(C)C=Cc1cccc(Oc2ccc(Cl)cc2)c1. The molecule has 5 heteroatoms. The van der Waals surface area contributed by atoms with Gasteiger partial charge in [0.15, 0.2) is 0 Å². The Hall–Kier alpha value is -2.30. The molecule has 0 aliphatic heterocycles. The Bertz CT molecular complexity index is 739. The van der Waals surface area contributed by atoms with Crippen LogP contribution < -0.4 is 4.74 Å². The van der Waals surface area contributed by atoms with Gasteiger partial charge in [-0.05, 0) is 55.8 Å². The van der Waals surface area contributed by atoms with Gasteiger partial charge in [0, 0.05) is 11.9 Å². The summed E-state index contributed by atoms with van der Waals surface area (Å²) in [5.74, 6) is 0.966. The second-order valence-electron chi connectivity index (χ2n) is 5.95. The summed E-state index contributed by atoms with van der Waals surface area (Å²) in [5.41, 5.74) is 0.0882. The minimum atomic E-state index is -0.807. The lowest BCUT2D eigenvalue weighted by Gasteiger charge is -2.29. The van der Waals surface area contributed by atoms with Crippen LogP contribution in [-0.2, 0) is 4.79 Å². The summed E-state index contributed by atoms with van der Waals surface area (Å²) in [6.45, 7) is 4.81. The highest BCUT2D eigenvalue weighted by Gasteiger charge is 2.24. The maximum absolute atomic E-state index is 11.3. The van der Waals surface area contributed by atoms with Gasteiger partial charge in [0.2, 0.25) is 5.91 Å². The predicted octanol–water partition coefficient (Wildman–Crippen LogP) is 5.16. The molecular formula is C19H20ClNO3. The van der Waals surface area contributed by atoms with Crippen molar-refractivity contribution < 1.29 is 14.7 Å². The number of benzene rings is 2. The minimum Gasteiger partial charge on any atom is -0.457 e. The molecule has 0 saturated carbocycles. The fourth-order valence-electron chi connectivity index (χ4n) is 2.10. The van der Waals surface area contributed by atoms with Crippen LogP contribution in [0.15, 0.2) is 54.6 Å². The lowest BCUT2D eigenvalue weighted by Crippen LogP contribution is -2.42. The molecule has 24 heavy (non-hydrogen) atoms. The van der Waals surface area contributed by atoms with E-state index in [1.54, 1.807) is 44.2 Å². The van der Waals surface area contributed by atoms with Crippen molar-refractivity contribution in [3.63, 3.8) is 0 Å². The quantitative estimate of drug-likeness (QED) is 0.601. The molecule has 0 unspecified atom stereocenters. The van der Waals surface area contributed by atoms with E-state index in [9.17, 15) is 10.0 Å². The number of nitrogens with zero attached hydrogens (tertiary/aromatic N) is 1. The van der Waals surface area contributed by atoms with Crippen molar-refractivity contribution in [2.24, 2.45) is 0 Å². The van der Waals surface area contributed by atoms with E-state index >= 15 is 0 Å². The Morgan fingerprint density at radius 1 is 1.17 bits per heavy atom. The largest absolute Gasteiger partial charge is 0.457 e. The van der Waals surface area contributed by atoms with E-state index in [0.29, 0.717) is 21.6 Å². The summed E-state index contributed by atoms with van der Waals surface area (Å²) in [5, 5.41) is 11.2. The van der Waals surface area contributed by atoms with E-state index in [0.717, 1.165) is 5.56 Å². The maximum atomic E-state index is 11.3. The van der Waals surface area contributed by atoms with Crippen molar-refractivity contribution in [1.82, 2.24) is 5.06 Å². The van der Waals surface area contributed by atoms with Crippen LogP contribution in [0.3, 0.4) is 0 Å². The highest BCUT2D eigenvalue weighted by Crippen LogP contribution is 2.25. The van der Waals surface area contributed by atoms with Gasteiger partial charge in [-0.15, -0.1) is 0 Å². The lowest BCUT2D eigenvalue weighted by atomic mass is 10.0. The monoisotopic (exact) mass is 345 g/mol. The zero-order chi connectivity index (χ0) is 17.7. The smallest absolute Gasteiger partial charge is 0.243 e. The summed E-state index contributed by atoms with van der Waals surface area (Å²) in [6.07, 6.45) is 3.59. The number of amides is 1. The summed E-state index contributed by atoms with van der Waals surface area (Å²) in [7, 11) is 0. The number of carbonyl (C=O) groups excluding carboxylic acids is 1. The Morgan fingerprint density at radius 2 is 1.83 bits per heavy atom. The van der Waals surface area contributed by atoms with Gasteiger partial charge in [0.1, 0.15) is 11.5 Å². The van der Waals surface area contributed by atoms with Crippen LogP contribution >= 0.6 is 11.6 Å². The number of hydroxylamine groups is 2. The molecule has 2 aromatic rings. The van der Waals surface area contributed by atoms with E-state index in [1.807, 2.05) is 30.3 Å². The normalized spacial score (nSPS) is 11.5. The Labute approximate surface area is 146 Å². The van der Waals surface area contributed by atoms with E-state index in [2.05, 4.69) is 0 Å². The van der Waals surface area contributed by atoms with Crippen molar-refractivity contribution in [1.29, 1.82) is 0 Å². The molecule has 4 nitrogen and oxygen atoms in total. The van der Waals surface area contributed by atoms with E-state index in [1.165, 1.54) is 6.92 Å². The minimum absolute atomic E-state index is 0.413. The molecule has 0 fully saturated rings. The number of rotatable bonds is 5. The lowest BCUT2D eigenvalue weighted by molar-refractivity contribution is -0.179.